The van der Waals surface area contributed by atoms with E-state index in [1.165, 1.54) is 24.8 Å². The summed E-state index contributed by atoms with van der Waals surface area (Å²) < 4.78 is 2.04. The summed E-state index contributed by atoms with van der Waals surface area (Å²) >= 11 is 0. The van der Waals surface area contributed by atoms with Gasteiger partial charge in [0.2, 0.25) is 5.91 Å². The molecule has 1 atom stereocenters. The number of rotatable bonds is 5. The number of aryl methyl sites for hydroxylation is 1. The van der Waals surface area contributed by atoms with E-state index in [4.69, 9.17) is 4.99 Å². The molecule has 152 valence electrons. The number of carbonyl (C=O) groups excluding carboxylic acids is 1. The van der Waals surface area contributed by atoms with Crippen molar-refractivity contribution in [3.63, 3.8) is 0 Å². The van der Waals surface area contributed by atoms with Crippen LogP contribution in [0.2, 0.25) is 0 Å². The van der Waals surface area contributed by atoms with Crippen LogP contribution in [0.1, 0.15) is 51.0 Å². The Bertz CT molecular complexity index is 624. The van der Waals surface area contributed by atoms with Crippen molar-refractivity contribution in [2.75, 3.05) is 19.6 Å². The van der Waals surface area contributed by atoms with Crippen molar-refractivity contribution < 1.29 is 4.79 Å². The minimum absolute atomic E-state index is 0. The first-order chi connectivity index (χ1) is 12.7. The molecule has 2 N–H and O–H groups in total. The number of likely N-dealkylation sites (tertiary alicyclic amines) is 1. The molecule has 1 aliphatic heterocycles. The highest BCUT2D eigenvalue weighted by Crippen LogP contribution is 2.26. The normalized spacial score (nSPS) is 21.0. The number of carbonyl (C=O) groups is 1. The monoisotopic (exact) mass is 487 g/mol. The Kier molecular flexibility index (Phi) is 8.92. The molecule has 1 aromatic rings. The first-order valence-corrected chi connectivity index (χ1v) is 10.1. The van der Waals surface area contributed by atoms with Gasteiger partial charge in [0.25, 0.3) is 0 Å². The van der Waals surface area contributed by atoms with Crippen LogP contribution in [-0.4, -0.2) is 47.0 Å². The molecule has 2 fully saturated rings. The summed E-state index contributed by atoms with van der Waals surface area (Å²) in [7, 11) is 2.02. The van der Waals surface area contributed by atoms with Crippen LogP contribution in [0, 0.1) is 5.92 Å². The lowest BCUT2D eigenvalue weighted by Crippen LogP contribution is -2.45. The number of hydrogen-bond donors (Lipinski definition) is 2. The minimum Gasteiger partial charge on any atom is -0.357 e. The Morgan fingerprint density at radius 1 is 1.26 bits per heavy atom. The van der Waals surface area contributed by atoms with Crippen molar-refractivity contribution in [2.45, 2.75) is 58.0 Å². The maximum atomic E-state index is 12.7. The second-order valence-electron chi connectivity index (χ2n) is 7.63. The summed E-state index contributed by atoms with van der Waals surface area (Å²) in [6.45, 7) is 5.23. The second kappa shape index (κ2) is 10.9. The van der Waals surface area contributed by atoms with Crippen LogP contribution < -0.4 is 10.6 Å². The van der Waals surface area contributed by atoms with Gasteiger partial charge in [-0.05, 0) is 37.8 Å². The summed E-state index contributed by atoms with van der Waals surface area (Å²) in [6.07, 6.45) is 11.0. The van der Waals surface area contributed by atoms with Gasteiger partial charge in [0, 0.05) is 51.0 Å². The largest absolute Gasteiger partial charge is 0.357 e. The van der Waals surface area contributed by atoms with Gasteiger partial charge in [0.05, 0.1) is 6.54 Å². The molecule has 1 saturated heterocycles. The van der Waals surface area contributed by atoms with Gasteiger partial charge < -0.3 is 20.1 Å². The molecule has 1 saturated carbocycles. The van der Waals surface area contributed by atoms with E-state index in [1.54, 1.807) is 0 Å². The van der Waals surface area contributed by atoms with Crippen molar-refractivity contribution >= 4 is 35.8 Å². The Labute approximate surface area is 180 Å². The first-order valence-electron chi connectivity index (χ1n) is 10.1. The number of aliphatic imine (C=N–C) groups is 1. The van der Waals surface area contributed by atoms with E-state index < -0.39 is 0 Å². The quantitative estimate of drug-likeness (QED) is 0.382. The molecule has 1 amide bonds. The van der Waals surface area contributed by atoms with E-state index in [0.29, 0.717) is 12.5 Å². The fourth-order valence-corrected chi connectivity index (χ4v) is 4.02. The van der Waals surface area contributed by atoms with Crippen LogP contribution in [0.15, 0.2) is 23.5 Å². The standard InChI is InChI=1S/C20H33N5O.HI/c1-3-21-20(22-13-16-9-11-24(2)14-16)23-18-10-12-25(15-18)19(26)17-7-5-4-6-8-17;/h9,11,14,17-18H,3-8,10,12-13,15H2,1-2H3,(H2,21,22,23);1H. The van der Waals surface area contributed by atoms with Crippen molar-refractivity contribution in [3.05, 3.63) is 24.0 Å². The molecule has 7 heteroatoms. The van der Waals surface area contributed by atoms with E-state index in [0.717, 1.165) is 44.9 Å². The van der Waals surface area contributed by atoms with E-state index in [-0.39, 0.29) is 35.9 Å². The molecule has 2 heterocycles. The Morgan fingerprint density at radius 3 is 2.70 bits per heavy atom. The highest BCUT2D eigenvalue weighted by Gasteiger charge is 2.31. The third kappa shape index (κ3) is 6.40. The molecule has 0 spiro atoms. The van der Waals surface area contributed by atoms with Gasteiger partial charge in [0.1, 0.15) is 0 Å². The Morgan fingerprint density at radius 2 is 2.04 bits per heavy atom. The number of guanidine groups is 1. The number of aromatic nitrogens is 1. The molecule has 1 aliphatic carbocycles. The smallest absolute Gasteiger partial charge is 0.225 e. The summed E-state index contributed by atoms with van der Waals surface area (Å²) in [5, 5.41) is 6.84. The molecule has 0 radical (unpaired) electrons. The van der Waals surface area contributed by atoms with E-state index in [2.05, 4.69) is 34.7 Å². The van der Waals surface area contributed by atoms with Gasteiger partial charge in [-0.25, -0.2) is 4.99 Å². The van der Waals surface area contributed by atoms with Gasteiger partial charge in [-0.2, -0.15) is 0 Å². The van der Waals surface area contributed by atoms with E-state index >= 15 is 0 Å². The molecule has 1 aromatic heterocycles. The maximum absolute atomic E-state index is 12.7. The number of hydrogen-bond acceptors (Lipinski definition) is 2. The second-order valence-corrected chi connectivity index (χ2v) is 7.63. The van der Waals surface area contributed by atoms with Crippen LogP contribution in [0.4, 0.5) is 0 Å². The van der Waals surface area contributed by atoms with Crippen molar-refractivity contribution in [1.82, 2.24) is 20.1 Å². The predicted octanol–water partition coefficient (Wildman–Crippen LogP) is 2.88. The summed E-state index contributed by atoms with van der Waals surface area (Å²) in [6, 6.07) is 2.38. The van der Waals surface area contributed by atoms with Crippen LogP contribution in [0.5, 0.6) is 0 Å². The van der Waals surface area contributed by atoms with Crippen LogP contribution in [0.25, 0.3) is 0 Å². The zero-order chi connectivity index (χ0) is 18.4. The minimum atomic E-state index is 0. The zero-order valence-corrected chi connectivity index (χ0v) is 18.9. The zero-order valence-electron chi connectivity index (χ0n) is 16.6. The third-order valence-electron chi connectivity index (χ3n) is 5.45. The van der Waals surface area contributed by atoms with Crippen molar-refractivity contribution in [3.8, 4) is 0 Å². The lowest BCUT2D eigenvalue weighted by atomic mass is 9.88. The number of nitrogens with zero attached hydrogens (tertiary/aromatic N) is 3. The average Bonchev–Trinajstić information content (AvgIpc) is 3.29. The van der Waals surface area contributed by atoms with Gasteiger partial charge >= 0.3 is 0 Å². The molecule has 1 unspecified atom stereocenters. The van der Waals surface area contributed by atoms with Crippen LogP contribution >= 0.6 is 24.0 Å². The van der Waals surface area contributed by atoms with Gasteiger partial charge in [-0.3, -0.25) is 4.79 Å². The molecule has 0 bridgehead atoms. The Hall–Kier alpha value is -1.25. The number of halogens is 1. The third-order valence-corrected chi connectivity index (χ3v) is 5.45. The number of nitrogens with one attached hydrogen (secondary N) is 2. The maximum Gasteiger partial charge on any atom is 0.225 e. The molecule has 3 rings (SSSR count). The van der Waals surface area contributed by atoms with Gasteiger partial charge in [-0.15, -0.1) is 24.0 Å². The highest BCUT2D eigenvalue weighted by molar-refractivity contribution is 14.0. The highest BCUT2D eigenvalue weighted by atomic mass is 127. The van der Waals surface area contributed by atoms with Crippen molar-refractivity contribution in [1.29, 1.82) is 0 Å². The average molecular weight is 487 g/mol. The summed E-state index contributed by atoms with van der Waals surface area (Å²) in [5.74, 6) is 1.48. The fourth-order valence-electron chi connectivity index (χ4n) is 4.02. The molecule has 2 aliphatic rings. The number of amides is 1. The molecular formula is C20H34IN5O. The lowest BCUT2D eigenvalue weighted by Gasteiger charge is -2.26. The summed E-state index contributed by atoms with van der Waals surface area (Å²) in [4.78, 5) is 19.5. The molecule has 6 nitrogen and oxygen atoms in total. The molecule has 27 heavy (non-hydrogen) atoms. The van der Waals surface area contributed by atoms with Gasteiger partial charge in [0.15, 0.2) is 5.96 Å². The first kappa shape index (κ1) is 22.0. The molecular weight excluding hydrogens is 453 g/mol. The SMILES string of the molecule is CCNC(=NCc1ccn(C)c1)NC1CCN(C(=O)C2CCCCC2)C1.I. The van der Waals surface area contributed by atoms with E-state index in [9.17, 15) is 4.79 Å². The van der Waals surface area contributed by atoms with Crippen LogP contribution in [-0.2, 0) is 18.4 Å². The predicted molar refractivity (Wildman–Crippen MR) is 120 cm³/mol. The van der Waals surface area contributed by atoms with Crippen molar-refractivity contribution in [2.24, 2.45) is 18.0 Å². The lowest BCUT2D eigenvalue weighted by molar-refractivity contribution is -0.135. The Balaban J connectivity index is 0.00000261. The van der Waals surface area contributed by atoms with E-state index in [1.807, 2.05) is 17.8 Å². The fraction of sp³-hybridized carbons (Fsp3) is 0.700. The molecule has 0 aromatic carbocycles. The van der Waals surface area contributed by atoms with Crippen LogP contribution in [0.3, 0.4) is 0 Å². The summed E-state index contributed by atoms with van der Waals surface area (Å²) in [5.41, 5.74) is 1.20. The topological polar surface area (TPSA) is 61.7 Å². The van der Waals surface area contributed by atoms with Gasteiger partial charge in [-0.1, -0.05) is 19.3 Å².